The molecule has 4 heterocycles. The normalized spacial score (nSPS) is 17.4. The number of fused-ring (bicyclic) bond motifs is 2. The number of hydrogen-bond acceptors (Lipinski definition) is 10. The summed E-state index contributed by atoms with van der Waals surface area (Å²) in [6.07, 6.45) is 4.17. The third-order valence-electron chi connectivity index (χ3n) is 11.7. The minimum Gasteiger partial charge on any atom is -0.443 e. The van der Waals surface area contributed by atoms with Gasteiger partial charge in [0.05, 0.1) is 13.1 Å². The van der Waals surface area contributed by atoms with Gasteiger partial charge in [0, 0.05) is 86.1 Å². The van der Waals surface area contributed by atoms with Crippen LogP contribution in [-0.4, -0.2) is 109 Å². The summed E-state index contributed by atoms with van der Waals surface area (Å²) in [5.74, 6) is -2.24. The van der Waals surface area contributed by atoms with E-state index in [1.54, 1.807) is 26.5 Å². The Morgan fingerprint density at radius 2 is 0.985 bits per heavy atom. The van der Waals surface area contributed by atoms with E-state index in [0.717, 1.165) is 67.3 Å². The molecule has 2 aromatic heterocycles. The number of amides is 6. The van der Waals surface area contributed by atoms with Crippen LogP contribution in [0.15, 0.2) is 122 Å². The molecule has 17 heteroatoms. The summed E-state index contributed by atoms with van der Waals surface area (Å²) < 4.78 is 10.7. The summed E-state index contributed by atoms with van der Waals surface area (Å²) in [7, 11) is 3.25. The summed E-state index contributed by atoms with van der Waals surface area (Å²) in [5.41, 5.74) is 19.0. The van der Waals surface area contributed by atoms with Crippen molar-refractivity contribution in [1.29, 1.82) is 0 Å². The number of likely N-dealkylation sites (N-methyl/N-ethyl adjacent to an activating group) is 2. The van der Waals surface area contributed by atoms with Gasteiger partial charge in [0.15, 0.2) is 12.5 Å². The molecule has 6 amide bonds. The second kappa shape index (κ2) is 19.4. The van der Waals surface area contributed by atoms with Crippen LogP contribution in [0.2, 0.25) is 0 Å². The van der Waals surface area contributed by atoms with Crippen molar-refractivity contribution in [3.05, 3.63) is 155 Å². The largest absolute Gasteiger partial charge is 0.443 e. The molecule has 4 aromatic carbocycles. The van der Waals surface area contributed by atoms with E-state index in [-0.39, 0.29) is 55.3 Å². The molecule has 8 N–H and O–H groups in total. The average molecular weight is 883 g/mol. The zero-order valence-corrected chi connectivity index (χ0v) is 35.8. The van der Waals surface area contributed by atoms with E-state index in [9.17, 15) is 28.8 Å². The third kappa shape index (κ3) is 9.97. The number of rotatable bonds is 16. The number of aromatic nitrogens is 2. The third-order valence-corrected chi connectivity index (χ3v) is 11.7. The molecule has 2 saturated heterocycles. The number of benzene rings is 4. The van der Waals surface area contributed by atoms with Gasteiger partial charge in [0.25, 0.3) is 11.8 Å². The van der Waals surface area contributed by atoms with Crippen molar-refractivity contribution >= 4 is 57.6 Å². The standard InChI is InChI=1S/C48H48N8O8.H2O/c1-53-39(45(59)55(47(53)61)27-29-9-5-3-6-10-29)21-31-13-15-37-35(19-31)33(25-51-37)23-41(49)63-43(57)17-18-44(58)64-42(50)24-34-26-52-38-16-14-32(20-36(34)38)22-40-46(60)56(48(62)54(40)2)28-30-11-7-4-8-12-30;/h3-20,25-26,39-42,51-52H,21-24,27-28,49-50H2,1-2H3;1H2/b18-17-;. The number of ether oxygens (including phenoxy) is 2. The number of hydrogen-bond donors (Lipinski definition) is 4. The van der Waals surface area contributed by atoms with Crippen LogP contribution in [0.3, 0.4) is 0 Å². The molecule has 65 heavy (non-hydrogen) atoms. The van der Waals surface area contributed by atoms with Gasteiger partial charge in [-0.05, 0) is 57.6 Å². The molecular weight excluding hydrogens is 833 g/mol. The predicted octanol–water partition coefficient (Wildman–Crippen LogP) is 3.83. The van der Waals surface area contributed by atoms with Crippen LogP contribution >= 0.6 is 0 Å². The second-order valence-corrected chi connectivity index (χ2v) is 16.1. The maximum atomic E-state index is 13.4. The summed E-state index contributed by atoms with van der Waals surface area (Å²) in [6.45, 7) is 0.392. The lowest BCUT2D eigenvalue weighted by molar-refractivity contribution is -0.145. The lowest BCUT2D eigenvalue weighted by Crippen LogP contribution is -2.33. The van der Waals surface area contributed by atoms with E-state index >= 15 is 0 Å². The van der Waals surface area contributed by atoms with Gasteiger partial charge in [0.2, 0.25) is 0 Å². The number of H-pyrrole nitrogens is 2. The highest BCUT2D eigenvalue weighted by Crippen LogP contribution is 2.28. The molecular formula is C48H50N8O9. The highest BCUT2D eigenvalue weighted by Gasteiger charge is 2.44. The monoisotopic (exact) mass is 882 g/mol. The molecule has 2 aliphatic heterocycles. The molecule has 6 aromatic rings. The maximum absolute atomic E-state index is 13.4. The number of imide groups is 2. The Morgan fingerprint density at radius 1 is 0.600 bits per heavy atom. The molecule has 2 aliphatic rings. The minimum absolute atomic E-state index is 0. The van der Waals surface area contributed by atoms with Gasteiger partial charge in [0.1, 0.15) is 12.1 Å². The number of esters is 2. The molecule has 0 radical (unpaired) electrons. The lowest BCUT2D eigenvalue weighted by Gasteiger charge is -2.16. The zero-order chi connectivity index (χ0) is 45.1. The van der Waals surface area contributed by atoms with Gasteiger partial charge in [-0.1, -0.05) is 72.8 Å². The minimum atomic E-state index is -1.06. The van der Waals surface area contributed by atoms with Gasteiger partial charge in [-0.2, -0.15) is 0 Å². The lowest BCUT2D eigenvalue weighted by atomic mass is 10.0. The number of nitrogens with two attached hydrogens (primary N) is 2. The Bertz CT molecular complexity index is 2580. The van der Waals surface area contributed by atoms with E-state index < -0.39 is 36.5 Å². The zero-order valence-electron chi connectivity index (χ0n) is 35.8. The molecule has 0 saturated carbocycles. The first-order valence-corrected chi connectivity index (χ1v) is 20.9. The van der Waals surface area contributed by atoms with Crippen LogP contribution in [0, 0.1) is 0 Å². The molecule has 0 aliphatic carbocycles. The smallest absolute Gasteiger partial charge is 0.332 e. The first-order valence-electron chi connectivity index (χ1n) is 20.9. The van der Waals surface area contributed by atoms with Crippen LogP contribution in [0.1, 0.15) is 33.4 Å². The maximum Gasteiger partial charge on any atom is 0.332 e. The molecule has 4 unspecified atom stereocenters. The highest BCUT2D eigenvalue weighted by molar-refractivity contribution is 6.05. The molecule has 2 fully saturated rings. The first kappa shape index (κ1) is 45.4. The molecule has 17 nitrogen and oxygen atoms in total. The van der Waals surface area contributed by atoms with Crippen LogP contribution in [-0.2, 0) is 67.4 Å². The Hall–Kier alpha value is -7.60. The molecule has 8 rings (SSSR count). The first-order chi connectivity index (χ1) is 30.8. The Balaban J connectivity index is 0.00000630. The summed E-state index contributed by atoms with van der Waals surface area (Å²) in [4.78, 5) is 90.0. The van der Waals surface area contributed by atoms with Crippen molar-refractivity contribution in [3.8, 4) is 0 Å². The number of carbonyl (C=O) groups is 6. The van der Waals surface area contributed by atoms with Crippen LogP contribution in [0.25, 0.3) is 21.8 Å². The number of nitrogens with zero attached hydrogens (tertiary/aromatic N) is 4. The number of urea groups is 2. The molecule has 0 bridgehead atoms. The number of carbonyl (C=O) groups excluding carboxylic acids is 6. The Kier molecular flexibility index (Phi) is 13.6. The molecule has 4 atom stereocenters. The summed E-state index contributed by atoms with van der Waals surface area (Å²) in [6, 6.07) is 28.1. The fourth-order valence-corrected chi connectivity index (χ4v) is 8.32. The number of nitrogens with one attached hydrogen (secondary N) is 2. The van der Waals surface area contributed by atoms with E-state index in [4.69, 9.17) is 20.9 Å². The predicted molar refractivity (Wildman–Crippen MR) is 240 cm³/mol. The van der Waals surface area contributed by atoms with Crippen LogP contribution in [0.4, 0.5) is 9.59 Å². The van der Waals surface area contributed by atoms with Crippen molar-refractivity contribution in [1.82, 2.24) is 29.6 Å². The van der Waals surface area contributed by atoms with E-state index in [2.05, 4.69) is 9.97 Å². The van der Waals surface area contributed by atoms with Gasteiger partial charge in [-0.3, -0.25) is 30.9 Å². The van der Waals surface area contributed by atoms with E-state index in [0.29, 0.717) is 12.8 Å². The SMILES string of the molecule is CN1C(=O)N(Cc2ccccc2)C(=O)C1Cc1ccc2[nH]cc(CC(N)OC(=O)/C=C\C(=O)OC(N)Cc3c[nH]c4ccc(CC5C(=O)N(Cc6ccccc6)C(=O)N5C)cc34)c2c1.O. The van der Waals surface area contributed by atoms with Crippen molar-refractivity contribution in [2.75, 3.05) is 14.1 Å². The van der Waals surface area contributed by atoms with Crippen molar-refractivity contribution in [2.45, 2.75) is 63.3 Å². The summed E-state index contributed by atoms with van der Waals surface area (Å²) >= 11 is 0. The van der Waals surface area contributed by atoms with Crippen LogP contribution < -0.4 is 11.5 Å². The van der Waals surface area contributed by atoms with Gasteiger partial charge < -0.3 is 34.7 Å². The fraction of sp³-hybridized carbons (Fsp3) is 0.250. The fourth-order valence-electron chi connectivity index (χ4n) is 8.32. The van der Waals surface area contributed by atoms with Crippen molar-refractivity contribution < 1.29 is 43.7 Å². The summed E-state index contributed by atoms with van der Waals surface area (Å²) in [5, 5.41) is 1.64. The van der Waals surface area contributed by atoms with Gasteiger partial charge >= 0.3 is 24.0 Å². The highest BCUT2D eigenvalue weighted by atomic mass is 16.6. The van der Waals surface area contributed by atoms with Gasteiger partial charge in [-0.15, -0.1) is 0 Å². The average Bonchev–Trinajstić information content (AvgIpc) is 3.98. The van der Waals surface area contributed by atoms with E-state index in [1.165, 1.54) is 19.6 Å². The topological polar surface area (TPSA) is 249 Å². The van der Waals surface area contributed by atoms with E-state index in [1.807, 2.05) is 97.1 Å². The van der Waals surface area contributed by atoms with Crippen molar-refractivity contribution in [3.63, 3.8) is 0 Å². The Labute approximate surface area is 373 Å². The quantitative estimate of drug-likeness (QED) is 0.0473. The second-order valence-electron chi connectivity index (χ2n) is 16.1. The number of aromatic amines is 2. The van der Waals surface area contributed by atoms with Gasteiger partial charge in [-0.25, -0.2) is 19.2 Å². The molecule has 0 spiro atoms. The van der Waals surface area contributed by atoms with Crippen LogP contribution in [0.5, 0.6) is 0 Å². The molecule has 336 valence electrons. The van der Waals surface area contributed by atoms with Crippen molar-refractivity contribution in [2.24, 2.45) is 11.5 Å². The Morgan fingerprint density at radius 3 is 1.37 bits per heavy atom.